The third-order valence-electron chi connectivity index (χ3n) is 2.73. The van der Waals surface area contributed by atoms with Crippen LogP contribution in [0.15, 0.2) is 29.9 Å². The van der Waals surface area contributed by atoms with Crippen LogP contribution in [0.25, 0.3) is 10.2 Å². The van der Waals surface area contributed by atoms with Crippen LogP contribution < -0.4 is 5.32 Å². The molecule has 19 heavy (non-hydrogen) atoms. The number of nitrogens with zero attached hydrogens (tertiary/aromatic N) is 3. The van der Waals surface area contributed by atoms with E-state index in [1.54, 1.807) is 17.5 Å². The zero-order valence-electron chi connectivity index (χ0n) is 10.2. The molecule has 96 valence electrons. The molecule has 0 unspecified atom stereocenters. The number of nitrogens with one attached hydrogen (secondary N) is 1. The summed E-state index contributed by atoms with van der Waals surface area (Å²) in [6.45, 7) is 2.47. The van der Waals surface area contributed by atoms with Crippen LogP contribution in [0.5, 0.6) is 0 Å². The van der Waals surface area contributed by atoms with Gasteiger partial charge < -0.3 is 5.32 Å². The van der Waals surface area contributed by atoms with Crippen molar-refractivity contribution in [3.05, 3.63) is 46.4 Å². The molecule has 0 amide bonds. The van der Waals surface area contributed by atoms with E-state index in [4.69, 9.17) is 11.6 Å². The summed E-state index contributed by atoms with van der Waals surface area (Å²) in [7, 11) is 0. The Balaban J connectivity index is 1.89. The van der Waals surface area contributed by atoms with Crippen LogP contribution in [0, 0.1) is 6.92 Å². The van der Waals surface area contributed by atoms with Crippen molar-refractivity contribution >= 4 is 38.8 Å². The second-order valence-corrected chi connectivity index (χ2v) is 5.36. The Bertz CT molecular complexity index is 725. The highest BCUT2D eigenvalue weighted by Crippen LogP contribution is 2.32. The van der Waals surface area contributed by atoms with E-state index in [1.807, 2.05) is 30.6 Å². The number of benzene rings is 1. The number of aromatic nitrogens is 3. The van der Waals surface area contributed by atoms with Crippen molar-refractivity contribution < 1.29 is 0 Å². The number of fused-ring (bicyclic) bond motifs is 1. The number of halogens is 1. The van der Waals surface area contributed by atoms with Crippen LogP contribution in [0.3, 0.4) is 0 Å². The van der Waals surface area contributed by atoms with E-state index in [1.165, 1.54) is 0 Å². The highest BCUT2D eigenvalue weighted by Gasteiger charge is 2.08. The summed E-state index contributed by atoms with van der Waals surface area (Å²) < 4.78 is 1.12. The zero-order valence-corrected chi connectivity index (χ0v) is 11.8. The van der Waals surface area contributed by atoms with Crippen LogP contribution in [-0.4, -0.2) is 15.0 Å². The molecule has 0 fully saturated rings. The van der Waals surface area contributed by atoms with Crippen molar-refractivity contribution in [1.82, 2.24) is 15.0 Å². The fraction of sp³-hybridized carbons (Fsp3) is 0.154. The Hall–Kier alpha value is -1.72. The highest BCUT2D eigenvalue weighted by molar-refractivity contribution is 7.16. The first-order valence-electron chi connectivity index (χ1n) is 5.78. The average Bonchev–Trinajstić information content (AvgIpc) is 2.86. The number of aryl methyl sites for hydroxylation is 1. The summed E-state index contributed by atoms with van der Waals surface area (Å²) in [6, 6.07) is 5.75. The quantitative estimate of drug-likeness (QED) is 0.800. The Morgan fingerprint density at radius 1 is 1.26 bits per heavy atom. The summed E-state index contributed by atoms with van der Waals surface area (Å²) in [5.41, 5.74) is 4.51. The van der Waals surface area contributed by atoms with Gasteiger partial charge in [0.1, 0.15) is 11.3 Å². The molecule has 0 radical (unpaired) electrons. The van der Waals surface area contributed by atoms with E-state index >= 15 is 0 Å². The van der Waals surface area contributed by atoms with Crippen molar-refractivity contribution in [3.63, 3.8) is 0 Å². The van der Waals surface area contributed by atoms with E-state index < -0.39 is 0 Å². The van der Waals surface area contributed by atoms with Gasteiger partial charge in [0.25, 0.3) is 0 Å². The normalized spacial score (nSPS) is 10.8. The molecule has 2 heterocycles. The van der Waals surface area contributed by atoms with Crippen molar-refractivity contribution in [3.8, 4) is 0 Å². The maximum Gasteiger partial charge on any atom is 0.125 e. The molecule has 4 nitrogen and oxygen atoms in total. The Morgan fingerprint density at radius 2 is 2.16 bits per heavy atom. The largest absolute Gasteiger partial charge is 0.376 e. The lowest BCUT2D eigenvalue weighted by molar-refractivity contribution is 0.956. The van der Waals surface area contributed by atoms with Gasteiger partial charge in [0.15, 0.2) is 0 Å². The fourth-order valence-electron chi connectivity index (χ4n) is 1.86. The van der Waals surface area contributed by atoms with Gasteiger partial charge in [0.2, 0.25) is 0 Å². The molecule has 3 rings (SSSR count). The first-order valence-corrected chi connectivity index (χ1v) is 7.04. The SMILES string of the molecule is Cc1nccc(CNc2c(Cl)ccc3scnc23)n1. The third kappa shape index (κ3) is 2.52. The fourth-order valence-corrected chi connectivity index (χ4v) is 2.76. The Labute approximate surface area is 119 Å². The number of thiazole rings is 1. The van der Waals surface area contributed by atoms with Gasteiger partial charge in [0, 0.05) is 6.20 Å². The summed E-state index contributed by atoms with van der Waals surface area (Å²) in [4.78, 5) is 12.8. The molecule has 0 aliphatic heterocycles. The predicted molar refractivity (Wildman–Crippen MR) is 78.7 cm³/mol. The van der Waals surface area contributed by atoms with Gasteiger partial charge in [0.05, 0.1) is 33.2 Å². The van der Waals surface area contributed by atoms with Crippen molar-refractivity contribution in [2.45, 2.75) is 13.5 Å². The first kappa shape index (κ1) is 12.3. The van der Waals surface area contributed by atoms with E-state index in [-0.39, 0.29) is 0 Å². The minimum absolute atomic E-state index is 0.597. The van der Waals surface area contributed by atoms with E-state index in [9.17, 15) is 0 Å². The Morgan fingerprint density at radius 3 is 3.00 bits per heavy atom. The molecule has 0 aliphatic carbocycles. The summed E-state index contributed by atoms with van der Waals surface area (Å²) in [6.07, 6.45) is 1.75. The van der Waals surface area contributed by atoms with E-state index in [0.717, 1.165) is 27.4 Å². The van der Waals surface area contributed by atoms with Gasteiger partial charge in [-0.1, -0.05) is 11.6 Å². The monoisotopic (exact) mass is 290 g/mol. The van der Waals surface area contributed by atoms with E-state index in [2.05, 4.69) is 20.3 Å². The Kier molecular flexibility index (Phi) is 3.31. The summed E-state index contributed by atoms with van der Waals surface area (Å²) in [5.74, 6) is 0.761. The molecular weight excluding hydrogens is 280 g/mol. The molecular formula is C13H11ClN4S. The van der Waals surface area contributed by atoms with Gasteiger partial charge in [-0.2, -0.15) is 0 Å². The molecule has 0 aliphatic rings. The lowest BCUT2D eigenvalue weighted by atomic mass is 10.2. The number of rotatable bonds is 3. The van der Waals surface area contributed by atoms with E-state index in [0.29, 0.717) is 11.6 Å². The topological polar surface area (TPSA) is 50.7 Å². The smallest absolute Gasteiger partial charge is 0.125 e. The highest BCUT2D eigenvalue weighted by atomic mass is 35.5. The molecule has 6 heteroatoms. The summed E-state index contributed by atoms with van der Waals surface area (Å²) in [5, 5.41) is 3.98. The zero-order chi connectivity index (χ0) is 13.2. The lowest BCUT2D eigenvalue weighted by Gasteiger charge is -2.09. The van der Waals surface area contributed by atoms with Gasteiger partial charge in [-0.15, -0.1) is 11.3 Å². The van der Waals surface area contributed by atoms with Gasteiger partial charge in [-0.25, -0.2) is 15.0 Å². The molecule has 0 saturated carbocycles. The van der Waals surface area contributed by atoms with Crippen molar-refractivity contribution in [1.29, 1.82) is 0 Å². The second-order valence-electron chi connectivity index (χ2n) is 4.07. The predicted octanol–water partition coefficient (Wildman–Crippen LogP) is 3.66. The van der Waals surface area contributed by atoms with Crippen LogP contribution in [0.4, 0.5) is 5.69 Å². The molecule has 0 spiro atoms. The molecule has 1 aromatic carbocycles. The minimum Gasteiger partial charge on any atom is -0.376 e. The molecule has 0 atom stereocenters. The van der Waals surface area contributed by atoms with Crippen LogP contribution in [0.1, 0.15) is 11.5 Å². The van der Waals surface area contributed by atoms with Crippen LogP contribution in [0.2, 0.25) is 5.02 Å². The lowest BCUT2D eigenvalue weighted by Crippen LogP contribution is -2.04. The van der Waals surface area contributed by atoms with Crippen LogP contribution >= 0.6 is 22.9 Å². The maximum atomic E-state index is 6.23. The van der Waals surface area contributed by atoms with Gasteiger partial charge >= 0.3 is 0 Å². The number of anilines is 1. The third-order valence-corrected chi connectivity index (χ3v) is 3.84. The summed E-state index contributed by atoms with van der Waals surface area (Å²) >= 11 is 7.83. The number of hydrogen-bond acceptors (Lipinski definition) is 5. The van der Waals surface area contributed by atoms with Crippen molar-refractivity contribution in [2.24, 2.45) is 0 Å². The standard InChI is InChI=1S/C13H11ClN4S/c1-8-15-5-4-9(18-8)6-16-12-10(14)2-3-11-13(12)17-7-19-11/h2-5,7,16H,6H2,1H3. The molecule has 0 bridgehead atoms. The molecule has 1 N–H and O–H groups in total. The number of hydrogen-bond donors (Lipinski definition) is 1. The van der Waals surface area contributed by atoms with Gasteiger partial charge in [-0.05, 0) is 25.1 Å². The maximum absolute atomic E-state index is 6.23. The molecule has 0 saturated heterocycles. The van der Waals surface area contributed by atoms with Gasteiger partial charge in [-0.3, -0.25) is 0 Å². The second kappa shape index (κ2) is 5.11. The molecule has 3 aromatic rings. The first-order chi connectivity index (χ1) is 9.24. The average molecular weight is 291 g/mol. The van der Waals surface area contributed by atoms with Crippen molar-refractivity contribution in [2.75, 3.05) is 5.32 Å². The van der Waals surface area contributed by atoms with Crippen LogP contribution in [-0.2, 0) is 6.54 Å². The molecule has 2 aromatic heterocycles. The minimum atomic E-state index is 0.597.